The number of ether oxygens (including phenoxy) is 1. The number of hydrogen-bond acceptors (Lipinski definition) is 6. The van der Waals surface area contributed by atoms with E-state index in [4.69, 9.17) is 4.74 Å². The third-order valence-corrected chi connectivity index (χ3v) is 3.86. The van der Waals surface area contributed by atoms with Gasteiger partial charge in [0.2, 0.25) is 0 Å². The first-order chi connectivity index (χ1) is 12.0. The molecular weight excluding hydrogens is 320 g/mol. The fourth-order valence-electron chi connectivity index (χ4n) is 2.76. The molecule has 0 atom stereocenters. The highest BCUT2D eigenvalue weighted by molar-refractivity contribution is 6.07. The van der Waals surface area contributed by atoms with Gasteiger partial charge in [-0.2, -0.15) is 0 Å². The molecule has 0 aliphatic rings. The van der Waals surface area contributed by atoms with Crippen molar-refractivity contribution in [3.05, 3.63) is 46.3 Å². The maximum atomic E-state index is 12.6. The number of carbonyl (C=O) groups excluding carboxylic acids is 1. The third-order valence-electron chi connectivity index (χ3n) is 3.86. The Labute approximate surface area is 145 Å². The van der Waals surface area contributed by atoms with Crippen LogP contribution in [0.1, 0.15) is 32.9 Å². The van der Waals surface area contributed by atoms with Gasteiger partial charge < -0.3 is 10.1 Å². The highest BCUT2D eigenvalue weighted by atomic mass is 16.6. The van der Waals surface area contributed by atoms with E-state index in [-0.39, 0.29) is 12.5 Å². The van der Waals surface area contributed by atoms with Crippen LogP contribution in [0, 0.1) is 27.7 Å². The molecule has 0 bridgehead atoms. The number of amides is 1. The number of aryl methyl sites for hydroxylation is 4. The van der Waals surface area contributed by atoms with E-state index in [9.17, 15) is 4.79 Å². The minimum atomic E-state index is -0.154. The number of aromatic nitrogens is 3. The number of hydrogen-bond donors (Lipinski definition) is 1. The Morgan fingerprint density at radius 3 is 2.68 bits per heavy atom. The molecule has 0 spiro atoms. The second-order valence-corrected chi connectivity index (χ2v) is 6.05. The standard InChI is InChI=1S/C18H20N4O3/c1-10-7-11(2)16-14(8-10)15(9-12(3)20-16)17(23)19-5-6-24-18-13(4)21-25-22-18/h7-9H,5-6H2,1-4H3,(H,19,23). The van der Waals surface area contributed by atoms with Gasteiger partial charge in [-0.05, 0) is 50.5 Å². The van der Waals surface area contributed by atoms with E-state index in [1.54, 1.807) is 6.92 Å². The maximum absolute atomic E-state index is 12.6. The summed E-state index contributed by atoms with van der Waals surface area (Å²) in [5.41, 5.74) is 5.02. The molecular formula is C18H20N4O3. The Bertz CT molecular complexity index is 933. The van der Waals surface area contributed by atoms with Crippen molar-refractivity contribution < 1.29 is 14.2 Å². The lowest BCUT2D eigenvalue weighted by molar-refractivity contribution is 0.0947. The molecule has 1 amide bonds. The lowest BCUT2D eigenvalue weighted by Crippen LogP contribution is -2.28. The van der Waals surface area contributed by atoms with Gasteiger partial charge in [-0.3, -0.25) is 9.78 Å². The van der Waals surface area contributed by atoms with Crippen LogP contribution in [-0.2, 0) is 0 Å². The van der Waals surface area contributed by atoms with Crippen molar-refractivity contribution in [1.82, 2.24) is 20.6 Å². The van der Waals surface area contributed by atoms with E-state index in [1.807, 2.05) is 32.9 Å². The van der Waals surface area contributed by atoms with Crippen molar-refractivity contribution >= 4 is 16.8 Å². The van der Waals surface area contributed by atoms with E-state index in [0.717, 1.165) is 27.7 Å². The van der Waals surface area contributed by atoms with Gasteiger partial charge in [0, 0.05) is 11.1 Å². The zero-order chi connectivity index (χ0) is 18.0. The predicted molar refractivity (Wildman–Crippen MR) is 92.8 cm³/mol. The van der Waals surface area contributed by atoms with Crippen LogP contribution in [0.5, 0.6) is 5.88 Å². The molecule has 0 unspecified atom stereocenters. The van der Waals surface area contributed by atoms with Crippen LogP contribution in [-0.4, -0.2) is 34.4 Å². The summed E-state index contributed by atoms with van der Waals surface area (Å²) in [7, 11) is 0. The van der Waals surface area contributed by atoms with Crippen molar-refractivity contribution in [2.45, 2.75) is 27.7 Å². The summed E-state index contributed by atoms with van der Waals surface area (Å²) >= 11 is 0. The predicted octanol–water partition coefficient (Wildman–Crippen LogP) is 2.66. The highest BCUT2D eigenvalue weighted by Gasteiger charge is 2.14. The zero-order valence-corrected chi connectivity index (χ0v) is 14.7. The van der Waals surface area contributed by atoms with Gasteiger partial charge in [-0.25, -0.2) is 4.63 Å². The minimum Gasteiger partial charge on any atom is -0.472 e. The maximum Gasteiger partial charge on any atom is 0.278 e. The Morgan fingerprint density at radius 1 is 1.16 bits per heavy atom. The molecule has 3 aromatic rings. The summed E-state index contributed by atoms with van der Waals surface area (Å²) in [4.78, 5) is 17.2. The zero-order valence-electron chi connectivity index (χ0n) is 14.7. The SMILES string of the molecule is Cc1cc(C)c2nc(C)cc(C(=O)NCCOc3nonc3C)c2c1. The van der Waals surface area contributed by atoms with Crippen molar-refractivity contribution in [2.24, 2.45) is 0 Å². The first-order valence-electron chi connectivity index (χ1n) is 8.04. The number of carbonyl (C=O) groups is 1. The van der Waals surface area contributed by atoms with Crippen LogP contribution in [0.15, 0.2) is 22.8 Å². The van der Waals surface area contributed by atoms with Gasteiger partial charge >= 0.3 is 0 Å². The Hall–Kier alpha value is -2.96. The number of fused-ring (bicyclic) bond motifs is 1. The van der Waals surface area contributed by atoms with Gasteiger partial charge in [0.25, 0.3) is 11.8 Å². The summed E-state index contributed by atoms with van der Waals surface area (Å²) < 4.78 is 9.98. The Morgan fingerprint density at radius 2 is 1.96 bits per heavy atom. The van der Waals surface area contributed by atoms with Crippen LogP contribution in [0.25, 0.3) is 10.9 Å². The molecule has 25 heavy (non-hydrogen) atoms. The fourth-order valence-corrected chi connectivity index (χ4v) is 2.76. The molecule has 1 N–H and O–H groups in total. The van der Waals surface area contributed by atoms with E-state index >= 15 is 0 Å². The van der Waals surface area contributed by atoms with Crippen LogP contribution in [0.2, 0.25) is 0 Å². The molecule has 0 aliphatic heterocycles. The first-order valence-corrected chi connectivity index (χ1v) is 8.04. The van der Waals surface area contributed by atoms with Gasteiger partial charge in [0.15, 0.2) is 0 Å². The third kappa shape index (κ3) is 3.60. The molecule has 130 valence electrons. The quantitative estimate of drug-likeness (QED) is 0.718. The summed E-state index contributed by atoms with van der Waals surface area (Å²) in [5, 5.41) is 11.0. The monoisotopic (exact) mass is 340 g/mol. The summed E-state index contributed by atoms with van der Waals surface area (Å²) in [6.45, 7) is 8.27. The van der Waals surface area contributed by atoms with Crippen LogP contribution >= 0.6 is 0 Å². The average molecular weight is 340 g/mol. The van der Waals surface area contributed by atoms with Gasteiger partial charge in [-0.15, -0.1) is 0 Å². The lowest BCUT2D eigenvalue weighted by Gasteiger charge is -2.11. The number of nitrogens with zero attached hydrogens (tertiary/aromatic N) is 3. The average Bonchev–Trinajstić information content (AvgIpc) is 2.96. The number of rotatable bonds is 5. The molecule has 2 heterocycles. The van der Waals surface area contributed by atoms with E-state index < -0.39 is 0 Å². The second kappa shape index (κ2) is 6.88. The van der Waals surface area contributed by atoms with Crippen molar-refractivity contribution in [3.63, 3.8) is 0 Å². The largest absolute Gasteiger partial charge is 0.472 e. The molecule has 0 aliphatic carbocycles. The van der Waals surface area contributed by atoms with Crippen LogP contribution in [0.3, 0.4) is 0 Å². The second-order valence-electron chi connectivity index (χ2n) is 6.05. The summed E-state index contributed by atoms with van der Waals surface area (Å²) in [6.07, 6.45) is 0. The van der Waals surface area contributed by atoms with E-state index in [1.165, 1.54) is 0 Å². The van der Waals surface area contributed by atoms with Gasteiger partial charge in [-0.1, -0.05) is 16.8 Å². The highest BCUT2D eigenvalue weighted by Crippen LogP contribution is 2.23. The number of pyridine rings is 1. The molecule has 3 rings (SSSR count). The van der Waals surface area contributed by atoms with Crippen LogP contribution < -0.4 is 10.1 Å². The molecule has 7 nitrogen and oxygen atoms in total. The Kier molecular flexibility index (Phi) is 4.65. The topological polar surface area (TPSA) is 90.1 Å². The smallest absolute Gasteiger partial charge is 0.278 e. The minimum absolute atomic E-state index is 0.154. The molecule has 1 aromatic carbocycles. The molecule has 2 aromatic heterocycles. The normalized spacial score (nSPS) is 10.9. The molecule has 0 saturated carbocycles. The number of benzene rings is 1. The fraction of sp³-hybridized carbons (Fsp3) is 0.333. The number of nitrogens with one attached hydrogen (secondary N) is 1. The molecule has 7 heteroatoms. The van der Waals surface area contributed by atoms with E-state index in [0.29, 0.717) is 23.7 Å². The lowest BCUT2D eigenvalue weighted by atomic mass is 10.0. The summed E-state index contributed by atoms with van der Waals surface area (Å²) in [6, 6.07) is 5.87. The van der Waals surface area contributed by atoms with Crippen molar-refractivity contribution in [3.8, 4) is 5.88 Å². The van der Waals surface area contributed by atoms with Crippen molar-refractivity contribution in [2.75, 3.05) is 13.2 Å². The van der Waals surface area contributed by atoms with Crippen LogP contribution in [0.4, 0.5) is 0 Å². The first kappa shape index (κ1) is 16.9. The summed E-state index contributed by atoms with van der Waals surface area (Å²) in [5.74, 6) is 0.185. The Balaban J connectivity index is 1.74. The van der Waals surface area contributed by atoms with Gasteiger partial charge in [0.1, 0.15) is 12.3 Å². The van der Waals surface area contributed by atoms with Gasteiger partial charge in [0.05, 0.1) is 17.6 Å². The van der Waals surface area contributed by atoms with Crippen molar-refractivity contribution in [1.29, 1.82) is 0 Å². The molecule has 0 radical (unpaired) electrons. The molecule has 0 fully saturated rings. The van der Waals surface area contributed by atoms with E-state index in [2.05, 4.69) is 31.3 Å². The molecule has 0 saturated heterocycles.